The van der Waals surface area contributed by atoms with Gasteiger partial charge in [-0.25, -0.2) is 19.0 Å². The van der Waals surface area contributed by atoms with Crippen LogP contribution in [-0.4, -0.2) is 33.4 Å². The monoisotopic (exact) mass is 487 g/mol. The standard InChI is InChI=1S/C20H14ClF4N3O5/c21-13-5-3-10(8-12(13)20(23,24)25)26-19(31)27-15-6-4-11(9-14(15)22)33-16-2-1-7-28(32)17(16)18(29)30/h1-9,17,32H,(H,29,30)(H2,26,27,31). The van der Waals surface area contributed by atoms with Gasteiger partial charge in [-0.15, -0.1) is 0 Å². The number of benzene rings is 2. The van der Waals surface area contributed by atoms with Gasteiger partial charge in [0.05, 0.1) is 16.3 Å². The normalized spacial score (nSPS) is 15.6. The molecule has 0 saturated heterocycles. The number of allylic oxidation sites excluding steroid dienone is 2. The maximum atomic E-state index is 14.4. The molecule has 0 aliphatic carbocycles. The zero-order valence-corrected chi connectivity index (χ0v) is 17.0. The summed E-state index contributed by atoms with van der Waals surface area (Å²) >= 11 is 5.52. The van der Waals surface area contributed by atoms with Crippen molar-refractivity contribution in [2.75, 3.05) is 10.6 Å². The van der Waals surface area contributed by atoms with Crippen molar-refractivity contribution in [1.29, 1.82) is 0 Å². The number of hydrogen-bond donors (Lipinski definition) is 4. The van der Waals surface area contributed by atoms with Crippen LogP contribution in [0.25, 0.3) is 0 Å². The van der Waals surface area contributed by atoms with Crippen LogP contribution in [0.15, 0.2) is 60.5 Å². The summed E-state index contributed by atoms with van der Waals surface area (Å²) in [7, 11) is 0. The molecule has 3 rings (SSSR count). The van der Waals surface area contributed by atoms with Crippen molar-refractivity contribution >= 4 is 35.0 Å². The Hall–Kier alpha value is -3.77. The number of carboxylic acid groups (broad SMARTS) is 1. The van der Waals surface area contributed by atoms with E-state index >= 15 is 0 Å². The molecule has 8 nitrogen and oxygen atoms in total. The SMILES string of the molecule is O=C(Nc1ccc(Cl)c(C(F)(F)F)c1)Nc1ccc(OC2=CC=CN(O)C2C(=O)O)cc1F. The lowest BCUT2D eigenvalue weighted by molar-refractivity contribution is -0.156. The Bertz CT molecular complexity index is 1150. The summed E-state index contributed by atoms with van der Waals surface area (Å²) in [5, 5.41) is 23.0. The zero-order valence-electron chi connectivity index (χ0n) is 16.2. The summed E-state index contributed by atoms with van der Waals surface area (Å²) < 4.78 is 58.5. The lowest BCUT2D eigenvalue weighted by Gasteiger charge is -2.25. The van der Waals surface area contributed by atoms with Crippen LogP contribution in [0.5, 0.6) is 5.75 Å². The van der Waals surface area contributed by atoms with Crippen molar-refractivity contribution in [3.8, 4) is 5.75 Å². The minimum atomic E-state index is -4.73. The molecule has 0 spiro atoms. The van der Waals surface area contributed by atoms with E-state index in [4.69, 9.17) is 16.3 Å². The molecule has 0 bridgehead atoms. The number of anilines is 2. The summed E-state index contributed by atoms with van der Waals surface area (Å²) in [4.78, 5) is 23.4. The first-order valence-corrected chi connectivity index (χ1v) is 9.34. The van der Waals surface area contributed by atoms with E-state index in [0.717, 1.165) is 30.5 Å². The Labute approximate surface area is 188 Å². The third-order valence-electron chi connectivity index (χ3n) is 4.22. The second-order valence-corrected chi connectivity index (χ2v) is 6.95. The Kier molecular flexibility index (Phi) is 6.79. The molecule has 1 aliphatic heterocycles. The lowest BCUT2D eigenvalue weighted by Crippen LogP contribution is -2.40. The van der Waals surface area contributed by atoms with E-state index in [-0.39, 0.29) is 22.9 Å². The summed E-state index contributed by atoms with van der Waals surface area (Å²) in [5.74, 6) is -2.73. The van der Waals surface area contributed by atoms with E-state index < -0.39 is 40.6 Å². The van der Waals surface area contributed by atoms with Crippen LogP contribution in [-0.2, 0) is 11.0 Å². The molecule has 0 aromatic heterocycles. The second-order valence-electron chi connectivity index (χ2n) is 6.55. The number of nitrogens with one attached hydrogen (secondary N) is 2. The zero-order chi connectivity index (χ0) is 24.3. The van der Waals surface area contributed by atoms with Gasteiger partial charge in [0.15, 0.2) is 0 Å². The molecular formula is C20H14ClF4N3O5. The Morgan fingerprint density at radius 2 is 1.85 bits per heavy atom. The second kappa shape index (κ2) is 9.38. The number of hydrogen-bond acceptors (Lipinski definition) is 5. The molecule has 4 N–H and O–H groups in total. The van der Waals surface area contributed by atoms with Gasteiger partial charge in [-0.1, -0.05) is 11.6 Å². The van der Waals surface area contributed by atoms with Crippen LogP contribution >= 0.6 is 11.6 Å². The van der Waals surface area contributed by atoms with Gasteiger partial charge in [0.1, 0.15) is 17.3 Å². The van der Waals surface area contributed by atoms with Gasteiger partial charge < -0.3 is 20.5 Å². The summed E-state index contributed by atoms with van der Waals surface area (Å²) in [6.07, 6.45) is -1.06. The van der Waals surface area contributed by atoms with Crippen LogP contribution in [0.1, 0.15) is 5.56 Å². The lowest BCUT2D eigenvalue weighted by atomic mass is 10.2. The first-order chi connectivity index (χ1) is 15.5. The van der Waals surface area contributed by atoms with Crippen molar-refractivity contribution in [1.82, 2.24) is 5.06 Å². The van der Waals surface area contributed by atoms with Gasteiger partial charge in [-0.3, -0.25) is 5.21 Å². The molecule has 2 amide bonds. The predicted octanol–water partition coefficient (Wildman–Crippen LogP) is 5.08. The Morgan fingerprint density at radius 3 is 2.48 bits per heavy atom. The van der Waals surface area contributed by atoms with E-state index in [1.165, 1.54) is 18.2 Å². The molecule has 1 heterocycles. The minimum absolute atomic E-state index is 0.132. The summed E-state index contributed by atoms with van der Waals surface area (Å²) in [6.45, 7) is 0. The highest BCUT2D eigenvalue weighted by molar-refractivity contribution is 6.31. The van der Waals surface area contributed by atoms with Gasteiger partial charge in [0.25, 0.3) is 0 Å². The van der Waals surface area contributed by atoms with Crippen LogP contribution in [0, 0.1) is 5.82 Å². The van der Waals surface area contributed by atoms with Crippen molar-refractivity contribution in [3.05, 3.63) is 76.9 Å². The van der Waals surface area contributed by atoms with Crippen LogP contribution in [0.4, 0.5) is 33.7 Å². The number of alkyl halides is 3. The van der Waals surface area contributed by atoms with Crippen LogP contribution < -0.4 is 15.4 Å². The fraction of sp³-hybridized carbons (Fsp3) is 0.100. The van der Waals surface area contributed by atoms with Crippen molar-refractivity contribution in [3.63, 3.8) is 0 Å². The quantitative estimate of drug-likeness (QED) is 0.438. The van der Waals surface area contributed by atoms with Gasteiger partial charge in [0, 0.05) is 18.0 Å². The maximum absolute atomic E-state index is 14.4. The van der Waals surface area contributed by atoms with E-state index in [1.807, 2.05) is 0 Å². The first kappa shape index (κ1) is 23.9. The van der Waals surface area contributed by atoms with Gasteiger partial charge in [-0.2, -0.15) is 13.2 Å². The average molecular weight is 488 g/mol. The summed E-state index contributed by atoms with van der Waals surface area (Å²) in [5.41, 5.74) is -1.71. The molecule has 1 unspecified atom stereocenters. The number of amides is 2. The molecular weight excluding hydrogens is 474 g/mol. The molecule has 0 fully saturated rings. The van der Waals surface area contributed by atoms with Gasteiger partial charge in [-0.05, 0) is 42.5 Å². The Morgan fingerprint density at radius 1 is 1.12 bits per heavy atom. The van der Waals surface area contributed by atoms with Gasteiger partial charge in [0.2, 0.25) is 6.04 Å². The third-order valence-corrected chi connectivity index (χ3v) is 4.55. The smallest absolute Gasteiger partial charge is 0.417 e. The predicted molar refractivity (Wildman–Crippen MR) is 108 cm³/mol. The highest BCUT2D eigenvalue weighted by atomic mass is 35.5. The third kappa shape index (κ3) is 5.73. The first-order valence-electron chi connectivity index (χ1n) is 8.96. The number of carbonyl (C=O) groups is 2. The topological polar surface area (TPSA) is 111 Å². The fourth-order valence-corrected chi connectivity index (χ4v) is 2.98. The number of aliphatic carboxylic acids is 1. The number of carbonyl (C=O) groups excluding carboxylic acids is 1. The fourth-order valence-electron chi connectivity index (χ4n) is 2.76. The molecule has 0 saturated carbocycles. The van der Waals surface area contributed by atoms with E-state index in [9.17, 15) is 37.5 Å². The Balaban J connectivity index is 1.70. The molecule has 33 heavy (non-hydrogen) atoms. The molecule has 13 heteroatoms. The molecule has 0 radical (unpaired) electrons. The highest BCUT2D eigenvalue weighted by Crippen LogP contribution is 2.36. The van der Waals surface area contributed by atoms with Crippen LogP contribution in [0.2, 0.25) is 5.02 Å². The number of carboxylic acids is 1. The van der Waals surface area contributed by atoms with E-state index in [2.05, 4.69) is 10.6 Å². The molecule has 174 valence electrons. The van der Waals surface area contributed by atoms with Gasteiger partial charge >= 0.3 is 18.2 Å². The average Bonchev–Trinajstić information content (AvgIpc) is 2.70. The maximum Gasteiger partial charge on any atom is 0.417 e. The number of halogens is 5. The van der Waals surface area contributed by atoms with E-state index in [1.54, 1.807) is 0 Å². The van der Waals surface area contributed by atoms with Crippen molar-refractivity contribution < 1.29 is 42.2 Å². The molecule has 1 atom stereocenters. The highest BCUT2D eigenvalue weighted by Gasteiger charge is 2.33. The molecule has 2 aromatic carbocycles. The number of hydroxylamine groups is 2. The summed E-state index contributed by atoms with van der Waals surface area (Å²) in [6, 6.07) is 3.30. The number of rotatable bonds is 5. The number of nitrogens with zero attached hydrogens (tertiary/aromatic N) is 1. The number of ether oxygens (including phenoxy) is 1. The largest absolute Gasteiger partial charge is 0.479 e. The van der Waals surface area contributed by atoms with Crippen molar-refractivity contribution in [2.24, 2.45) is 0 Å². The minimum Gasteiger partial charge on any atom is -0.479 e. The molecule has 1 aliphatic rings. The van der Waals surface area contributed by atoms with Crippen LogP contribution in [0.3, 0.4) is 0 Å². The molecule has 2 aromatic rings. The number of urea groups is 1. The van der Waals surface area contributed by atoms with Crippen molar-refractivity contribution in [2.45, 2.75) is 12.2 Å². The van der Waals surface area contributed by atoms with E-state index in [0.29, 0.717) is 11.1 Å².